The lowest BCUT2D eigenvalue weighted by molar-refractivity contribution is -0.142. The molecule has 3 N–H and O–H groups in total. The van der Waals surface area contributed by atoms with Gasteiger partial charge in [-0.25, -0.2) is 4.98 Å². The number of nitrogens with two attached hydrogens (primary N) is 1. The molecule has 1 heterocycles. The summed E-state index contributed by atoms with van der Waals surface area (Å²) in [5, 5.41) is 5.14. The van der Waals surface area contributed by atoms with Crippen LogP contribution in [-0.2, 0) is 16.0 Å². The first-order chi connectivity index (χ1) is 8.67. The summed E-state index contributed by atoms with van der Waals surface area (Å²) in [6.45, 7) is 2.85. The number of hydrogen-bond donors (Lipinski definition) is 2. The summed E-state index contributed by atoms with van der Waals surface area (Å²) < 4.78 is 4.75. The number of aromatic nitrogens is 1. The summed E-state index contributed by atoms with van der Waals surface area (Å²) in [6, 6.07) is 0. The molecule has 108 valence electrons. The molecule has 1 aromatic heterocycles. The van der Waals surface area contributed by atoms with Gasteiger partial charge in [0.2, 0.25) is 0 Å². The van der Waals surface area contributed by atoms with Crippen LogP contribution >= 0.6 is 23.7 Å². The Morgan fingerprint density at radius 2 is 2.26 bits per heavy atom. The van der Waals surface area contributed by atoms with Gasteiger partial charge in [0.25, 0.3) is 5.91 Å². The van der Waals surface area contributed by atoms with Crippen molar-refractivity contribution in [3.63, 3.8) is 0 Å². The molecule has 0 spiro atoms. The van der Waals surface area contributed by atoms with Crippen LogP contribution in [0.1, 0.15) is 28.8 Å². The molecule has 19 heavy (non-hydrogen) atoms. The Kier molecular flexibility index (Phi) is 9.11. The minimum absolute atomic E-state index is 0. The van der Waals surface area contributed by atoms with Gasteiger partial charge < -0.3 is 15.8 Å². The van der Waals surface area contributed by atoms with E-state index in [-0.39, 0.29) is 37.2 Å². The quantitative estimate of drug-likeness (QED) is 0.725. The fraction of sp³-hybridized carbons (Fsp3) is 0.545. The lowest BCUT2D eigenvalue weighted by Crippen LogP contribution is -2.26. The van der Waals surface area contributed by atoms with E-state index in [4.69, 9.17) is 10.5 Å². The maximum absolute atomic E-state index is 11.7. The molecule has 0 unspecified atom stereocenters. The van der Waals surface area contributed by atoms with Gasteiger partial charge in [0.1, 0.15) is 5.69 Å². The highest BCUT2D eigenvalue weighted by molar-refractivity contribution is 7.09. The van der Waals surface area contributed by atoms with Crippen LogP contribution in [0.3, 0.4) is 0 Å². The fourth-order valence-corrected chi connectivity index (χ4v) is 2.05. The number of carbonyl (C=O) groups is 2. The zero-order chi connectivity index (χ0) is 13.4. The van der Waals surface area contributed by atoms with Crippen LogP contribution in [0.15, 0.2) is 5.38 Å². The molecule has 1 rings (SSSR count). The highest BCUT2D eigenvalue weighted by Gasteiger charge is 2.10. The minimum atomic E-state index is -0.320. The average molecular weight is 308 g/mol. The van der Waals surface area contributed by atoms with Gasteiger partial charge in [0, 0.05) is 18.3 Å². The standard InChI is InChI=1S/C11H17N3O3S.ClH/c1-2-17-10(15)4-6-13-11(16)8-7-18-9(14-8)3-5-12;/h7H,2-6,12H2,1H3,(H,13,16);1H. The lowest BCUT2D eigenvalue weighted by atomic mass is 10.4. The van der Waals surface area contributed by atoms with Crippen LogP contribution in [-0.4, -0.2) is 36.6 Å². The van der Waals surface area contributed by atoms with Crippen molar-refractivity contribution in [2.24, 2.45) is 5.73 Å². The fourth-order valence-electron chi connectivity index (χ4n) is 1.26. The van der Waals surface area contributed by atoms with E-state index in [1.807, 2.05) is 0 Å². The summed E-state index contributed by atoms with van der Waals surface area (Å²) >= 11 is 1.41. The number of nitrogens with one attached hydrogen (secondary N) is 1. The summed E-state index contributed by atoms with van der Waals surface area (Å²) in [4.78, 5) is 26.8. The molecule has 0 aliphatic heterocycles. The van der Waals surface area contributed by atoms with Gasteiger partial charge in [0.15, 0.2) is 0 Å². The predicted molar refractivity (Wildman–Crippen MR) is 75.7 cm³/mol. The second kappa shape index (κ2) is 9.71. The Hall–Kier alpha value is -1.18. The Balaban J connectivity index is 0.00000324. The zero-order valence-corrected chi connectivity index (χ0v) is 12.3. The summed E-state index contributed by atoms with van der Waals surface area (Å²) in [5.74, 6) is -0.598. The molecule has 0 aliphatic carbocycles. The van der Waals surface area contributed by atoms with Crippen LogP contribution < -0.4 is 11.1 Å². The van der Waals surface area contributed by atoms with Crippen molar-refractivity contribution in [1.82, 2.24) is 10.3 Å². The van der Waals surface area contributed by atoms with Crippen molar-refractivity contribution < 1.29 is 14.3 Å². The molecule has 1 aromatic rings. The molecular formula is C11H18ClN3O3S. The third kappa shape index (κ3) is 6.51. The molecule has 0 aliphatic rings. The second-order valence-corrected chi connectivity index (χ2v) is 4.42. The van der Waals surface area contributed by atoms with E-state index in [1.54, 1.807) is 12.3 Å². The van der Waals surface area contributed by atoms with Gasteiger partial charge in [0.05, 0.1) is 18.0 Å². The van der Waals surface area contributed by atoms with Crippen LogP contribution in [0, 0.1) is 0 Å². The maximum Gasteiger partial charge on any atom is 0.307 e. The summed E-state index contributed by atoms with van der Waals surface area (Å²) in [6.07, 6.45) is 0.833. The van der Waals surface area contributed by atoms with Gasteiger partial charge >= 0.3 is 5.97 Å². The highest BCUT2D eigenvalue weighted by atomic mass is 35.5. The van der Waals surface area contributed by atoms with Crippen LogP contribution in [0.2, 0.25) is 0 Å². The van der Waals surface area contributed by atoms with Crippen molar-refractivity contribution >= 4 is 35.6 Å². The van der Waals surface area contributed by atoms with E-state index in [2.05, 4.69) is 10.3 Å². The predicted octanol–water partition coefficient (Wildman–Crippen LogP) is 0.749. The number of carbonyl (C=O) groups excluding carboxylic acids is 2. The van der Waals surface area contributed by atoms with Crippen LogP contribution in [0.4, 0.5) is 0 Å². The Morgan fingerprint density at radius 3 is 2.89 bits per heavy atom. The van der Waals surface area contributed by atoms with E-state index in [9.17, 15) is 9.59 Å². The van der Waals surface area contributed by atoms with Gasteiger partial charge in [-0.05, 0) is 13.5 Å². The SMILES string of the molecule is CCOC(=O)CCNC(=O)c1csc(CCN)n1.Cl. The number of amides is 1. The molecule has 0 aromatic carbocycles. The van der Waals surface area contributed by atoms with Crippen LogP contribution in [0.5, 0.6) is 0 Å². The van der Waals surface area contributed by atoms with Crippen molar-refractivity contribution in [3.05, 3.63) is 16.1 Å². The summed E-state index contributed by atoms with van der Waals surface area (Å²) in [5.41, 5.74) is 5.77. The number of halogens is 1. The van der Waals surface area contributed by atoms with Crippen molar-refractivity contribution in [2.45, 2.75) is 19.8 Å². The largest absolute Gasteiger partial charge is 0.466 e. The van der Waals surface area contributed by atoms with Gasteiger partial charge in [-0.3, -0.25) is 9.59 Å². The maximum atomic E-state index is 11.7. The van der Waals surface area contributed by atoms with Crippen molar-refractivity contribution in [1.29, 1.82) is 0 Å². The van der Waals surface area contributed by atoms with Crippen LogP contribution in [0.25, 0.3) is 0 Å². The number of thiazole rings is 1. The first kappa shape index (κ1) is 17.8. The molecular weight excluding hydrogens is 290 g/mol. The number of hydrogen-bond acceptors (Lipinski definition) is 6. The van der Waals surface area contributed by atoms with Gasteiger partial charge in [-0.1, -0.05) is 0 Å². The third-order valence-electron chi connectivity index (χ3n) is 2.06. The lowest BCUT2D eigenvalue weighted by Gasteiger charge is -2.03. The van der Waals surface area contributed by atoms with E-state index in [0.29, 0.717) is 25.3 Å². The molecule has 6 nitrogen and oxygen atoms in total. The van der Waals surface area contributed by atoms with Gasteiger partial charge in [-0.15, -0.1) is 23.7 Å². The molecule has 0 saturated heterocycles. The monoisotopic (exact) mass is 307 g/mol. The van der Waals surface area contributed by atoms with Crippen molar-refractivity contribution in [2.75, 3.05) is 19.7 Å². The molecule has 0 saturated carbocycles. The number of esters is 1. The number of nitrogens with zero attached hydrogens (tertiary/aromatic N) is 1. The van der Waals surface area contributed by atoms with E-state index < -0.39 is 0 Å². The molecule has 0 bridgehead atoms. The first-order valence-corrected chi connectivity index (χ1v) is 6.63. The highest BCUT2D eigenvalue weighted by Crippen LogP contribution is 2.09. The van der Waals surface area contributed by atoms with E-state index in [1.165, 1.54) is 11.3 Å². The van der Waals surface area contributed by atoms with Crippen molar-refractivity contribution in [3.8, 4) is 0 Å². The normalized spacial score (nSPS) is 9.58. The Labute approximate surface area is 122 Å². The first-order valence-electron chi connectivity index (χ1n) is 5.75. The van der Waals surface area contributed by atoms with E-state index >= 15 is 0 Å². The average Bonchev–Trinajstić information content (AvgIpc) is 2.78. The second-order valence-electron chi connectivity index (χ2n) is 3.48. The molecule has 8 heteroatoms. The van der Waals surface area contributed by atoms with E-state index in [0.717, 1.165) is 5.01 Å². The third-order valence-corrected chi connectivity index (χ3v) is 2.97. The molecule has 0 radical (unpaired) electrons. The molecule has 0 fully saturated rings. The molecule has 1 amide bonds. The molecule has 0 atom stereocenters. The Bertz CT molecular complexity index is 412. The number of ether oxygens (including phenoxy) is 1. The topological polar surface area (TPSA) is 94.3 Å². The zero-order valence-electron chi connectivity index (χ0n) is 10.7. The van der Waals surface area contributed by atoms with Gasteiger partial charge in [-0.2, -0.15) is 0 Å². The smallest absolute Gasteiger partial charge is 0.307 e. The Morgan fingerprint density at radius 1 is 1.53 bits per heavy atom. The number of rotatable bonds is 7. The summed E-state index contributed by atoms with van der Waals surface area (Å²) in [7, 11) is 0. The minimum Gasteiger partial charge on any atom is -0.466 e.